The van der Waals surface area contributed by atoms with Crippen LogP contribution in [0.15, 0.2) is 41.7 Å². The number of nitrogens with zero attached hydrogens (tertiary/aromatic N) is 1. The van der Waals surface area contributed by atoms with Gasteiger partial charge < -0.3 is 24.5 Å². The number of carbonyl (C=O) groups is 2. The third-order valence-corrected chi connectivity index (χ3v) is 18.4. The van der Waals surface area contributed by atoms with Crippen molar-refractivity contribution >= 4 is 22.6 Å². The summed E-state index contributed by atoms with van der Waals surface area (Å²) >= 11 is 0. The van der Waals surface area contributed by atoms with Gasteiger partial charge in [0, 0.05) is 60.0 Å². The van der Waals surface area contributed by atoms with Gasteiger partial charge in [-0.3, -0.25) is 9.59 Å². The number of aliphatic hydroxyl groups is 2. The Hall–Kier alpha value is -3.00. The second kappa shape index (κ2) is 12.1. The quantitative estimate of drug-likeness (QED) is 0.224. The highest BCUT2D eigenvalue weighted by Crippen LogP contribution is 2.79. The molecule has 7 aliphatic rings. The molecule has 1 spiro atoms. The molecule has 11 unspecified atom stereocenters. The van der Waals surface area contributed by atoms with E-state index in [2.05, 4.69) is 88.6 Å². The Morgan fingerprint density at radius 1 is 0.947 bits per heavy atom. The number of aromatic nitrogens is 2. The maximum absolute atomic E-state index is 15.7. The molecule has 10 rings (SSSR count). The number of epoxide rings is 1. The Morgan fingerprint density at radius 3 is 2.37 bits per heavy atom. The lowest BCUT2D eigenvalue weighted by atomic mass is 9.31. The van der Waals surface area contributed by atoms with E-state index in [4.69, 9.17) is 4.74 Å². The third kappa shape index (κ3) is 5.00. The first-order valence-electron chi connectivity index (χ1n) is 22.4. The van der Waals surface area contributed by atoms with Crippen molar-refractivity contribution in [3.63, 3.8) is 0 Å². The molecular weight excluding hydrogens is 709 g/mol. The number of H-pyrrole nitrogens is 1. The second-order valence-corrected chi connectivity index (χ2v) is 22.3. The highest BCUT2D eigenvalue weighted by Gasteiger charge is 2.76. The van der Waals surface area contributed by atoms with Gasteiger partial charge in [0.15, 0.2) is 5.78 Å². The van der Waals surface area contributed by atoms with Gasteiger partial charge in [0.2, 0.25) is 0 Å². The smallest absolute Gasteiger partial charge is 0.163 e. The molecule has 306 valence electrons. The Balaban J connectivity index is 1.19. The van der Waals surface area contributed by atoms with Gasteiger partial charge in [0.1, 0.15) is 11.9 Å². The van der Waals surface area contributed by atoms with Crippen LogP contribution in [0.3, 0.4) is 0 Å². The minimum Gasteiger partial charge on any atom is -0.392 e. The Morgan fingerprint density at radius 2 is 1.67 bits per heavy atom. The van der Waals surface area contributed by atoms with E-state index in [0.717, 1.165) is 68.9 Å². The van der Waals surface area contributed by atoms with Gasteiger partial charge in [-0.15, -0.1) is 0 Å². The van der Waals surface area contributed by atoms with Crippen molar-refractivity contribution in [1.82, 2.24) is 9.55 Å². The molecule has 7 nitrogen and oxygen atoms in total. The number of nitrogens with one attached hydrogen (secondary N) is 1. The maximum atomic E-state index is 15.7. The summed E-state index contributed by atoms with van der Waals surface area (Å²) < 4.78 is 8.50. The zero-order chi connectivity index (χ0) is 40.4. The maximum Gasteiger partial charge on any atom is 0.163 e. The predicted octanol–water partition coefficient (Wildman–Crippen LogP) is 9.14. The van der Waals surface area contributed by atoms with Crippen LogP contribution in [0.5, 0.6) is 0 Å². The minimum absolute atomic E-state index is 0.0308. The monoisotopic (exact) mass is 774 g/mol. The number of allylic oxidation sites excluding steroid dienone is 1. The normalized spacial score (nSPS) is 40.8. The first-order valence-corrected chi connectivity index (χ1v) is 22.4. The molecule has 2 aromatic heterocycles. The van der Waals surface area contributed by atoms with Crippen molar-refractivity contribution in [2.45, 2.75) is 163 Å². The molecular formula is C50H66N2O5. The summed E-state index contributed by atoms with van der Waals surface area (Å²) in [7, 11) is 0. The molecule has 0 amide bonds. The molecule has 2 aliphatic heterocycles. The fourth-order valence-corrected chi connectivity index (χ4v) is 16.0. The summed E-state index contributed by atoms with van der Waals surface area (Å²) in [6.45, 7) is 20.5. The number of aliphatic hydroxyl groups excluding tert-OH is 2. The van der Waals surface area contributed by atoms with Crippen LogP contribution in [0.4, 0.5) is 0 Å². The summed E-state index contributed by atoms with van der Waals surface area (Å²) in [5.41, 5.74) is 8.49. The van der Waals surface area contributed by atoms with Crippen molar-refractivity contribution < 1.29 is 24.5 Å². The molecule has 1 aromatic carbocycles. The van der Waals surface area contributed by atoms with E-state index in [1.165, 1.54) is 38.9 Å². The number of carbonyl (C=O) groups excluding carboxylic acids is 2. The summed E-state index contributed by atoms with van der Waals surface area (Å²) in [4.78, 5) is 33.1. The molecule has 11 atom stereocenters. The summed E-state index contributed by atoms with van der Waals surface area (Å²) in [5, 5.41) is 25.6. The number of ketones is 2. The van der Waals surface area contributed by atoms with Gasteiger partial charge in [-0.25, -0.2) is 0 Å². The average Bonchev–Trinajstić information content (AvgIpc) is 3.36. The number of aromatic amines is 1. The topological polar surface area (TPSA) is 108 Å². The van der Waals surface area contributed by atoms with Gasteiger partial charge >= 0.3 is 0 Å². The zero-order valence-electron chi connectivity index (χ0n) is 36.0. The van der Waals surface area contributed by atoms with Crippen LogP contribution < -0.4 is 0 Å². The summed E-state index contributed by atoms with van der Waals surface area (Å²) in [6.07, 6.45) is 11.8. The molecule has 57 heavy (non-hydrogen) atoms. The number of ether oxygens (including phenoxy) is 1. The lowest BCUT2D eigenvalue weighted by Gasteiger charge is -2.72. The van der Waals surface area contributed by atoms with E-state index < -0.39 is 28.5 Å². The van der Waals surface area contributed by atoms with Crippen molar-refractivity contribution in [3.8, 4) is 0 Å². The highest BCUT2D eigenvalue weighted by molar-refractivity contribution is 6.04. The number of hydrogen-bond acceptors (Lipinski definition) is 5. The molecule has 4 saturated carbocycles. The zero-order valence-corrected chi connectivity index (χ0v) is 36.0. The van der Waals surface area contributed by atoms with Crippen LogP contribution in [0, 0.1) is 64.6 Å². The van der Waals surface area contributed by atoms with Crippen molar-refractivity contribution in [2.75, 3.05) is 0 Å². The predicted molar refractivity (Wildman–Crippen MR) is 223 cm³/mol. The number of fused-ring (bicyclic) bond motifs is 2. The molecule has 7 heteroatoms. The van der Waals surface area contributed by atoms with E-state index in [1.54, 1.807) is 0 Å². The largest absolute Gasteiger partial charge is 0.392 e. The third-order valence-electron chi connectivity index (χ3n) is 18.4. The van der Waals surface area contributed by atoms with Crippen LogP contribution in [0.2, 0.25) is 0 Å². The van der Waals surface area contributed by atoms with Gasteiger partial charge in [0.05, 0.1) is 28.8 Å². The molecule has 1 saturated heterocycles. The minimum atomic E-state index is -0.700. The van der Waals surface area contributed by atoms with Crippen LogP contribution in [0.25, 0.3) is 11.0 Å². The first kappa shape index (κ1) is 38.2. The molecule has 4 heterocycles. The van der Waals surface area contributed by atoms with Gasteiger partial charge in [-0.1, -0.05) is 70.4 Å². The molecule has 5 aliphatic carbocycles. The lowest BCUT2D eigenvalue weighted by Crippen LogP contribution is -2.70. The van der Waals surface area contributed by atoms with Crippen LogP contribution in [0.1, 0.15) is 134 Å². The SMILES string of the molecule is Cc1cc(C)cc(Cc2cn3c4c(c[nH]c24)CCC(C)(CC(O)C2OC2(C)C)C2=C4C(C3)C(O)C3C5(C)CCC(=O)C(C)(C)C5CCC35CCCC(C2=O)C45C)c1. The highest BCUT2D eigenvalue weighted by atomic mass is 16.6. The van der Waals surface area contributed by atoms with Crippen LogP contribution >= 0.6 is 0 Å². The summed E-state index contributed by atoms with van der Waals surface area (Å²) in [5.74, 6) is 0.383. The van der Waals surface area contributed by atoms with Crippen molar-refractivity contribution in [2.24, 2.45) is 50.7 Å². The van der Waals surface area contributed by atoms with E-state index in [0.29, 0.717) is 25.2 Å². The van der Waals surface area contributed by atoms with Crippen LogP contribution in [-0.4, -0.2) is 55.2 Å². The van der Waals surface area contributed by atoms with Crippen molar-refractivity contribution in [3.05, 3.63) is 69.6 Å². The number of Topliss-reactive ketones (excluding diaryl/α,β-unsaturated/α-hetero) is 2. The fraction of sp³-hybridized carbons (Fsp3) is 0.680. The second-order valence-electron chi connectivity index (χ2n) is 22.3. The van der Waals surface area contributed by atoms with Gasteiger partial charge in [-0.2, -0.15) is 0 Å². The van der Waals surface area contributed by atoms with E-state index >= 15 is 4.79 Å². The Labute approximate surface area is 339 Å². The molecule has 5 fully saturated rings. The molecule has 0 radical (unpaired) electrons. The number of aryl methyl sites for hydroxylation is 3. The van der Waals surface area contributed by atoms with Gasteiger partial charge in [-0.05, 0) is 129 Å². The molecule has 3 N–H and O–H groups in total. The van der Waals surface area contributed by atoms with Crippen LogP contribution in [-0.2, 0) is 33.7 Å². The number of rotatable bonds is 5. The fourth-order valence-electron chi connectivity index (χ4n) is 16.0. The number of hydrogen-bond donors (Lipinski definition) is 3. The first-order chi connectivity index (χ1) is 26.8. The average molecular weight is 775 g/mol. The summed E-state index contributed by atoms with van der Waals surface area (Å²) in [6, 6.07) is 6.82. The van der Waals surface area contributed by atoms with Gasteiger partial charge in [0.25, 0.3) is 0 Å². The van der Waals surface area contributed by atoms with Crippen molar-refractivity contribution in [1.29, 1.82) is 0 Å². The molecule has 3 aromatic rings. The Bertz CT molecular complexity index is 2240. The standard InChI is InChI=1S/C50H66N2O5/c1-27-19-28(2)21-29(20-27)22-31-25-52-26-32-37-38(47(7,23-34(53)44-46(5,6)57-44)16-12-30-24-51-39(31)40(30)52)42(56)33-11-10-15-50(49(33,37)9)18-13-35-45(3,4)36(54)14-17-48(35,8)43(50)41(32)55/h19-21,24-25,32-35,41,43-44,51,53,55H,10-18,22-23,26H2,1-9H3. The van der Waals surface area contributed by atoms with E-state index in [-0.39, 0.29) is 52.0 Å². The Kier molecular flexibility index (Phi) is 8.09. The van der Waals surface area contributed by atoms with E-state index in [9.17, 15) is 15.0 Å². The lowest BCUT2D eigenvalue weighted by molar-refractivity contribution is -0.243. The van der Waals surface area contributed by atoms with E-state index in [1.807, 2.05) is 13.8 Å². The molecule has 0 bridgehead atoms. The number of benzene rings is 1.